The van der Waals surface area contributed by atoms with E-state index in [0.717, 1.165) is 48.4 Å². The first-order valence-electron chi connectivity index (χ1n) is 9.40. The van der Waals surface area contributed by atoms with Gasteiger partial charge in [0.25, 0.3) is 0 Å². The van der Waals surface area contributed by atoms with E-state index in [1.54, 1.807) is 0 Å². The van der Waals surface area contributed by atoms with Crippen molar-refractivity contribution < 1.29 is 14.6 Å². The number of nitrogens with zero attached hydrogens (tertiary/aromatic N) is 2. The first kappa shape index (κ1) is 19.8. The third-order valence-corrected chi connectivity index (χ3v) is 4.83. The maximum atomic E-state index is 10.3. The van der Waals surface area contributed by atoms with Gasteiger partial charge in [0, 0.05) is 43.4 Å². The van der Waals surface area contributed by atoms with Crippen molar-refractivity contribution in [2.24, 2.45) is 0 Å². The van der Waals surface area contributed by atoms with Crippen LogP contribution in [0.2, 0.25) is 5.02 Å². The number of piperazine rings is 1. The Balaban J connectivity index is 1.39. The fourth-order valence-electron chi connectivity index (χ4n) is 3.20. The van der Waals surface area contributed by atoms with E-state index in [-0.39, 0.29) is 6.61 Å². The molecule has 0 spiro atoms. The fraction of sp³-hybridized carbons (Fsp3) is 0.429. The lowest BCUT2D eigenvalue weighted by molar-refractivity contribution is 0.0663. The monoisotopic (exact) mass is 390 g/mol. The Morgan fingerprint density at radius 1 is 1.00 bits per heavy atom. The van der Waals surface area contributed by atoms with E-state index >= 15 is 0 Å². The van der Waals surface area contributed by atoms with Gasteiger partial charge in [-0.25, -0.2) is 0 Å². The number of benzene rings is 2. The molecule has 3 rings (SSSR count). The molecule has 1 aliphatic heterocycles. The summed E-state index contributed by atoms with van der Waals surface area (Å²) in [4.78, 5) is 4.60. The third kappa shape index (κ3) is 6.03. The van der Waals surface area contributed by atoms with Gasteiger partial charge in [0.05, 0.1) is 6.61 Å². The molecule has 0 aliphatic carbocycles. The molecule has 1 aliphatic rings. The minimum Gasteiger partial charge on any atom is -0.494 e. The number of hydrogen-bond donors (Lipinski definition) is 1. The molecule has 1 atom stereocenters. The van der Waals surface area contributed by atoms with E-state index in [0.29, 0.717) is 13.2 Å². The quantitative estimate of drug-likeness (QED) is 0.749. The van der Waals surface area contributed by atoms with Crippen LogP contribution in [0.4, 0.5) is 5.69 Å². The van der Waals surface area contributed by atoms with Crippen LogP contribution >= 0.6 is 11.6 Å². The molecule has 6 heteroatoms. The molecule has 0 saturated carbocycles. The zero-order chi connectivity index (χ0) is 19.1. The Bertz CT molecular complexity index is 703. The molecule has 1 N–H and O–H groups in total. The molecular formula is C21H27ClN2O3. The van der Waals surface area contributed by atoms with Crippen molar-refractivity contribution in [3.63, 3.8) is 0 Å². The average molecular weight is 391 g/mol. The van der Waals surface area contributed by atoms with Crippen LogP contribution in [0.3, 0.4) is 0 Å². The lowest BCUT2D eigenvalue weighted by Gasteiger charge is -2.36. The van der Waals surface area contributed by atoms with Crippen molar-refractivity contribution in [2.75, 3.05) is 50.8 Å². The number of β-amino-alcohol motifs (C(OH)–C–C–N with tert-alkyl or cyclic N) is 1. The van der Waals surface area contributed by atoms with Crippen LogP contribution in [0.1, 0.15) is 6.92 Å². The Hall–Kier alpha value is -1.95. The minimum absolute atomic E-state index is 0.280. The van der Waals surface area contributed by atoms with Crippen molar-refractivity contribution in [3.8, 4) is 11.5 Å². The van der Waals surface area contributed by atoms with Gasteiger partial charge in [-0.1, -0.05) is 17.7 Å². The molecule has 146 valence electrons. The zero-order valence-corrected chi connectivity index (χ0v) is 16.4. The Labute approximate surface area is 166 Å². The van der Waals surface area contributed by atoms with Crippen molar-refractivity contribution in [3.05, 3.63) is 53.6 Å². The van der Waals surface area contributed by atoms with Crippen LogP contribution in [0.5, 0.6) is 11.5 Å². The van der Waals surface area contributed by atoms with Crippen LogP contribution in [0, 0.1) is 0 Å². The average Bonchev–Trinajstić information content (AvgIpc) is 2.68. The van der Waals surface area contributed by atoms with Crippen LogP contribution in [-0.4, -0.2) is 62.0 Å². The zero-order valence-electron chi connectivity index (χ0n) is 15.7. The number of ether oxygens (including phenoxy) is 2. The van der Waals surface area contributed by atoms with Gasteiger partial charge in [0.1, 0.15) is 24.2 Å². The Kier molecular flexibility index (Phi) is 7.21. The number of anilines is 1. The first-order valence-corrected chi connectivity index (χ1v) is 9.78. The van der Waals surface area contributed by atoms with E-state index in [9.17, 15) is 5.11 Å². The maximum Gasteiger partial charge on any atom is 0.119 e. The number of hydrogen-bond acceptors (Lipinski definition) is 5. The second kappa shape index (κ2) is 9.83. The van der Waals surface area contributed by atoms with Crippen molar-refractivity contribution >= 4 is 17.3 Å². The molecule has 0 radical (unpaired) electrons. The Morgan fingerprint density at radius 2 is 1.67 bits per heavy atom. The highest BCUT2D eigenvalue weighted by Gasteiger charge is 2.20. The normalized spacial score (nSPS) is 16.2. The van der Waals surface area contributed by atoms with Crippen LogP contribution in [0.25, 0.3) is 0 Å². The van der Waals surface area contributed by atoms with Crippen molar-refractivity contribution in [2.45, 2.75) is 13.0 Å². The minimum atomic E-state index is -0.519. The second-order valence-electron chi connectivity index (χ2n) is 6.64. The van der Waals surface area contributed by atoms with Gasteiger partial charge in [-0.05, 0) is 49.4 Å². The summed E-state index contributed by atoms with van der Waals surface area (Å²) < 4.78 is 11.1. The number of rotatable bonds is 8. The van der Waals surface area contributed by atoms with Crippen LogP contribution in [0.15, 0.2) is 48.5 Å². The van der Waals surface area contributed by atoms with Gasteiger partial charge >= 0.3 is 0 Å². The van der Waals surface area contributed by atoms with Gasteiger partial charge in [-0.2, -0.15) is 0 Å². The van der Waals surface area contributed by atoms with E-state index < -0.39 is 6.10 Å². The second-order valence-corrected chi connectivity index (χ2v) is 7.07. The topological polar surface area (TPSA) is 45.2 Å². The van der Waals surface area contributed by atoms with E-state index in [4.69, 9.17) is 21.1 Å². The highest BCUT2D eigenvalue weighted by Crippen LogP contribution is 2.21. The molecular weight excluding hydrogens is 364 g/mol. The van der Waals surface area contributed by atoms with Crippen molar-refractivity contribution in [1.82, 2.24) is 4.90 Å². The van der Waals surface area contributed by atoms with Gasteiger partial charge < -0.3 is 19.5 Å². The summed E-state index contributed by atoms with van der Waals surface area (Å²) >= 11 is 6.08. The summed E-state index contributed by atoms with van der Waals surface area (Å²) in [5.41, 5.74) is 1.15. The Morgan fingerprint density at radius 3 is 2.30 bits per heavy atom. The van der Waals surface area contributed by atoms with Gasteiger partial charge in [-0.15, -0.1) is 0 Å². The van der Waals surface area contributed by atoms with Gasteiger partial charge in [-0.3, -0.25) is 4.90 Å². The van der Waals surface area contributed by atoms with Gasteiger partial charge in [0.2, 0.25) is 0 Å². The summed E-state index contributed by atoms with van der Waals surface area (Å²) in [6.45, 7) is 7.15. The molecule has 27 heavy (non-hydrogen) atoms. The smallest absolute Gasteiger partial charge is 0.119 e. The highest BCUT2D eigenvalue weighted by atomic mass is 35.5. The van der Waals surface area contributed by atoms with Crippen LogP contribution < -0.4 is 14.4 Å². The molecule has 1 heterocycles. The number of halogens is 1. The van der Waals surface area contributed by atoms with Gasteiger partial charge in [0.15, 0.2) is 0 Å². The van der Waals surface area contributed by atoms with E-state index in [1.807, 2.05) is 49.4 Å². The van der Waals surface area contributed by atoms with Crippen LogP contribution in [-0.2, 0) is 0 Å². The number of aliphatic hydroxyl groups is 1. The number of aliphatic hydroxyl groups excluding tert-OH is 1. The molecule has 0 aromatic heterocycles. The molecule has 1 unspecified atom stereocenters. The van der Waals surface area contributed by atoms with E-state index in [1.165, 1.54) is 0 Å². The standard InChI is InChI=1S/C21H27ClN2O3/c1-2-26-20-6-8-21(9-7-20)27-16-19(25)15-23-10-12-24(13-11-23)18-5-3-4-17(22)14-18/h3-9,14,19,25H,2,10-13,15-16H2,1H3. The lowest BCUT2D eigenvalue weighted by atomic mass is 10.2. The summed E-state index contributed by atoms with van der Waals surface area (Å²) in [5, 5.41) is 11.1. The molecule has 1 fully saturated rings. The molecule has 1 saturated heterocycles. The molecule has 2 aromatic carbocycles. The SMILES string of the molecule is CCOc1ccc(OCC(O)CN2CCN(c3cccc(Cl)c3)CC2)cc1. The fourth-order valence-corrected chi connectivity index (χ4v) is 3.39. The first-order chi connectivity index (χ1) is 13.1. The lowest BCUT2D eigenvalue weighted by Crippen LogP contribution is -2.49. The largest absolute Gasteiger partial charge is 0.494 e. The summed E-state index contributed by atoms with van der Waals surface area (Å²) in [6.07, 6.45) is -0.519. The maximum absolute atomic E-state index is 10.3. The highest BCUT2D eigenvalue weighted by molar-refractivity contribution is 6.30. The van der Waals surface area contributed by atoms with Crippen molar-refractivity contribution in [1.29, 1.82) is 0 Å². The predicted molar refractivity (Wildman–Crippen MR) is 109 cm³/mol. The summed E-state index contributed by atoms with van der Waals surface area (Å²) in [5.74, 6) is 1.56. The molecule has 5 nitrogen and oxygen atoms in total. The summed E-state index contributed by atoms with van der Waals surface area (Å²) in [7, 11) is 0. The third-order valence-electron chi connectivity index (χ3n) is 4.59. The van der Waals surface area contributed by atoms with E-state index in [2.05, 4.69) is 15.9 Å². The summed E-state index contributed by atoms with van der Waals surface area (Å²) in [6, 6.07) is 15.4. The predicted octanol–water partition coefficient (Wildman–Crippen LogP) is 3.30. The molecule has 2 aromatic rings. The molecule has 0 amide bonds. The molecule has 0 bridgehead atoms.